The molecule has 0 saturated heterocycles. The zero-order valence-corrected chi connectivity index (χ0v) is 9.72. The molecule has 19 heavy (non-hydrogen) atoms. The molecular formula is C12H9N5O2. The number of nitro groups is 1. The Morgan fingerprint density at radius 2 is 2.16 bits per heavy atom. The number of benzene rings is 1. The standard InChI is InChI=1S/C12H9N5O2/c18-17(19)12-7-9(10-3-4-14-15-10)1-2-11(12)16-6-5-13-8-16/h1-8H,(H,14,15). The van der Waals surface area contributed by atoms with Crippen LogP contribution in [0.15, 0.2) is 49.2 Å². The van der Waals surface area contributed by atoms with E-state index in [0.717, 1.165) is 5.69 Å². The molecule has 0 bridgehead atoms. The van der Waals surface area contributed by atoms with Crippen LogP contribution in [0.4, 0.5) is 5.69 Å². The molecule has 2 heterocycles. The Labute approximate surface area is 107 Å². The van der Waals surface area contributed by atoms with Gasteiger partial charge in [0.15, 0.2) is 0 Å². The highest BCUT2D eigenvalue weighted by atomic mass is 16.6. The number of nitro benzene ring substituents is 1. The van der Waals surface area contributed by atoms with Crippen LogP contribution in [0.25, 0.3) is 16.9 Å². The zero-order valence-electron chi connectivity index (χ0n) is 9.72. The quantitative estimate of drug-likeness (QED) is 0.573. The molecule has 3 aromatic rings. The summed E-state index contributed by atoms with van der Waals surface area (Å²) in [6.07, 6.45) is 6.37. The van der Waals surface area contributed by atoms with Crippen LogP contribution >= 0.6 is 0 Å². The van der Waals surface area contributed by atoms with Gasteiger partial charge in [0.25, 0.3) is 5.69 Å². The van der Waals surface area contributed by atoms with Gasteiger partial charge in [-0.15, -0.1) is 0 Å². The summed E-state index contributed by atoms with van der Waals surface area (Å²) in [7, 11) is 0. The van der Waals surface area contributed by atoms with Crippen molar-refractivity contribution in [3.63, 3.8) is 0 Å². The highest BCUT2D eigenvalue weighted by Crippen LogP contribution is 2.28. The first-order chi connectivity index (χ1) is 9.25. The number of aromatic amines is 1. The lowest BCUT2D eigenvalue weighted by Crippen LogP contribution is -1.98. The van der Waals surface area contributed by atoms with Gasteiger partial charge in [0.1, 0.15) is 5.69 Å². The van der Waals surface area contributed by atoms with Gasteiger partial charge in [0, 0.05) is 30.2 Å². The van der Waals surface area contributed by atoms with Crippen molar-refractivity contribution in [2.45, 2.75) is 0 Å². The zero-order chi connectivity index (χ0) is 13.2. The lowest BCUT2D eigenvalue weighted by atomic mass is 10.1. The molecular weight excluding hydrogens is 246 g/mol. The Morgan fingerprint density at radius 3 is 2.79 bits per heavy atom. The Kier molecular flexibility index (Phi) is 2.57. The lowest BCUT2D eigenvalue weighted by Gasteiger charge is -2.05. The number of hydrogen-bond acceptors (Lipinski definition) is 4. The van der Waals surface area contributed by atoms with Crippen LogP contribution < -0.4 is 0 Å². The molecule has 0 spiro atoms. The van der Waals surface area contributed by atoms with Crippen molar-refractivity contribution in [2.24, 2.45) is 0 Å². The van der Waals surface area contributed by atoms with E-state index in [4.69, 9.17) is 0 Å². The molecule has 1 N–H and O–H groups in total. The predicted octanol–water partition coefficient (Wildman–Crippen LogP) is 2.17. The average Bonchev–Trinajstić information content (AvgIpc) is 3.11. The van der Waals surface area contributed by atoms with E-state index in [1.54, 1.807) is 41.4 Å². The Morgan fingerprint density at radius 1 is 1.26 bits per heavy atom. The van der Waals surface area contributed by atoms with Crippen molar-refractivity contribution in [1.29, 1.82) is 0 Å². The number of hydrogen-bond donors (Lipinski definition) is 1. The third-order valence-corrected chi connectivity index (χ3v) is 2.77. The second-order valence-corrected chi connectivity index (χ2v) is 3.90. The first-order valence-electron chi connectivity index (χ1n) is 5.52. The molecule has 0 unspecified atom stereocenters. The summed E-state index contributed by atoms with van der Waals surface area (Å²) >= 11 is 0. The van der Waals surface area contributed by atoms with Crippen LogP contribution in [0.1, 0.15) is 0 Å². The minimum atomic E-state index is -0.408. The third kappa shape index (κ3) is 1.97. The van der Waals surface area contributed by atoms with Crippen LogP contribution in [0.3, 0.4) is 0 Å². The van der Waals surface area contributed by atoms with E-state index in [0.29, 0.717) is 11.3 Å². The smallest absolute Gasteiger partial charge is 0.293 e. The van der Waals surface area contributed by atoms with Crippen LogP contribution in [-0.2, 0) is 0 Å². The molecule has 0 radical (unpaired) electrons. The van der Waals surface area contributed by atoms with Crippen molar-refractivity contribution in [1.82, 2.24) is 19.7 Å². The van der Waals surface area contributed by atoms with Crippen LogP contribution in [-0.4, -0.2) is 24.7 Å². The molecule has 0 aliphatic carbocycles. The van der Waals surface area contributed by atoms with E-state index in [9.17, 15) is 10.1 Å². The number of aromatic nitrogens is 4. The normalized spacial score (nSPS) is 10.5. The Hall–Kier alpha value is -2.96. The summed E-state index contributed by atoms with van der Waals surface area (Å²) in [5.41, 5.74) is 1.95. The van der Waals surface area contributed by atoms with Crippen molar-refractivity contribution in [3.05, 3.63) is 59.3 Å². The summed E-state index contributed by atoms with van der Waals surface area (Å²) in [5, 5.41) is 17.8. The van der Waals surface area contributed by atoms with E-state index in [1.165, 1.54) is 12.4 Å². The first-order valence-corrected chi connectivity index (χ1v) is 5.52. The summed E-state index contributed by atoms with van der Waals surface area (Å²) in [5.74, 6) is 0. The van der Waals surface area contributed by atoms with Gasteiger partial charge in [-0.1, -0.05) is 6.07 Å². The fourth-order valence-electron chi connectivity index (χ4n) is 1.87. The highest BCUT2D eigenvalue weighted by Gasteiger charge is 2.16. The van der Waals surface area contributed by atoms with Gasteiger partial charge in [-0.3, -0.25) is 15.2 Å². The predicted molar refractivity (Wildman–Crippen MR) is 67.8 cm³/mol. The monoisotopic (exact) mass is 255 g/mol. The average molecular weight is 255 g/mol. The molecule has 2 aromatic heterocycles. The fraction of sp³-hybridized carbons (Fsp3) is 0. The molecule has 94 valence electrons. The number of imidazole rings is 1. The topological polar surface area (TPSA) is 89.6 Å². The van der Waals surface area contributed by atoms with Gasteiger partial charge in [-0.2, -0.15) is 5.10 Å². The molecule has 3 rings (SSSR count). The molecule has 0 atom stereocenters. The van der Waals surface area contributed by atoms with E-state index < -0.39 is 4.92 Å². The van der Waals surface area contributed by atoms with Gasteiger partial charge in [0.05, 0.1) is 16.9 Å². The minimum absolute atomic E-state index is 0.0186. The van der Waals surface area contributed by atoms with Crippen LogP contribution in [0, 0.1) is 10.1 Å². The molecule has 0 amide bonds. The number of H-pyrrole nitrogens is 1. The van der Waals surface area contributed by atoms with Gasteiger partial charge in [-0.25, -0.2) is 4.98 Å². The number of rotatable bonds is 3. The van der Waals surface area contributed by atoms with E-state index >= 15 is 0 Å². The van der Waals surface area contributed by atoms with E-state index in [2.05, 4.69) is 15.2 Å². The largest absolute Gasteiger partial charge is 0.300 e. The molecule has 7 heteroatoms. The first kappa shape index (κ1) is 11.1. The van der Waals surface area contributed by atoms with E-state index in [-0.39, 0.29) is 5.69 Å². The van der Waals surface area contributed by atoms with Crippen LogP contribution in [0.5, 0.6) is 0 Å². The summed E-state index contributed by atoms with van der Waals surface area (Å²) < 4.78 is 1.61. The highest BCUT2D eigenvalue weighted by molar-refractivity contribution is 5.67. The summed E-state index contributed by atoms with van der Waals surface area (Å²) in [6, 6.07) is 6.77. The van der Waals surface area contributed by atoms with Crippen molar-refractivity contribution >= 4 is 5.69 Å². The number of nitrogens with one attached hydrogen (secondary N) is 1. The molecule has 0 aliphatic heterocycles. The second kappa shape index (κ2) is 4.37. The summed E-state index contributed by atoms with van der Waals surface area (Å²) in [6.45, 7) is 0. The van der Waals surface area contributed by atoms with Gasteiger partial charge in [0.2, 0.25) is 0 Å². The lowest BCUT2D eigenvalue weighted by molar-refractivity contribution is -0.384. The maximum absolute atomic E-state index is 11.2. The fourth-order valence-corrected chi connectivity index (χ4v) is 1.87. The molecule has 0 fully saturated rings. The van der Waals surface area contributed by atoms with Crippen LogP contribution in [0.2, 0.25) is 0 Å². The van der Waals surface area contributed by atoms with Gasteiger partial charge < -0.3 is 4.57 Å². The minimum Gasteiger partial charge on any atom is -0.300 e. The van der Waals surface area contributed by atoms with Gasteiger partial charge in [-0.05, 0) is 12.1 Å². The Bertz CT molecular complexity index is 704. The Balaban J connectivity index is 2.15. The maximum Gasteiger partial charge on any atom is 0.293 e. The molecule has 7 nitrogen and oxygen atoms in total. The summed E-state index contributed by atoms with van der Waals surface area (Å²) in [4.78, 5) is 14.7. The van der Waals surface area contributed by atoms with Crippen molar-refractivity contribution in [2.75, 3.05) is 0 Å². The van der Waals surface area contributed by atoms with E-state index in [1.807, 2.05) is 0 Å². The van der Waals surface area contributed by atoms with Gasteiger partial charge >= 0.3 is 0 Å². The molecule has 0 aliphatic rings. The number of nitrogens with zero attached hydrogens (tertiary/aromatic N) is 4. The van der Waals surface area contributed by atoms with Crippen molar-refractivity contribution in [3.8, 4) is 16.9 Å². The molecule has 1 aromatic carbocycles. The SMILES string of the molecule is O=[N+]([O-])c1cc(-c2ccn[nH]2)ccc1-n1ccnc1. The van der Waals surface area contributed by atoms with Crippen molar-refractivity contribution < 1.29 is 4.92 Å². The second-order valence-electron chi connectivity index (χ2n) is 3.90. The maximum atomic E-state index is 11.2. The third-order valence-electron chi connectivity index (χ3n) is 2.77. The molecule has 0 saturated carbocycles.